The number of halogens is 2. The second-order valence-corrected chi connectivity index (χ2v) is 7.02. The highest BCUT2D eigenvalue weighted by atomic mass is 32.2. The summed E-state index contributed by atoms with van der Waals surface area (Å²) in [7, 11) is -2.66. The van der Waals surface area contributed by atoms with E-state index in [0.29, 0.717) is 5.56 Å². The molecule has 2 aromatic carbocycles. The van der Waals surface area contributed by atoms with Gasteiger partial charge in [0, 0.05) is 6.04 Å². The van der Waals surface area contributed by atoms with Gasteiger partial charge in [0.15, 0.2) is 0 Å². The van der Waals surface area contributed by atoms with Gasteiger partial charge in [0.05, 0.1) is 17.6 Å². The van der Waals surface area contributed by atoms with Crippen molar-refractivity contribution in [2.24, 2.45) is 0 Å². The zero-order chi connectivity index (χ0) is 19.3. The summed E-state index contributed by atoms with van der Waals surface area (Å²) in [6, 6.07) is 10.3. The Hall–Kier alpha value is -2.52. The van der Waals surface area contributed by atoms with E-state index in [0.717, 1.165) is 0 Å². The van der Waals surface area contributed by atoms with Gasteiger partial charge in [0.2, 0.25) is 10.0 Å². The molecule has 0 bridgehead atoms. The van der Waals surface area contributed by atoms with E-state index in [4.69, 9.17) is 0 Å². The summed E-state index contributed by atoms with van der Waals surface area (Å²) in [5.41, 5.74) is 0.675. The average Bonchev–Trinajstić information content (AvgIpc) is 2.60. The Kier molecular flexibility index (Phi) is 6.27. The molecule has 0 amide bonds. The number of nitrogens with one attached hydrogen (secondary N) is 1. The number of carbonyl (C=O) groups is 1. The average molecular weight is 385 g/mol. The van der Waals surface area contributed by atoms with Crippen molar-refractivity contribution in [1.82, 2.24) is 4.72 Å². The van der Waals surface area contributed by atoms with Crippen LogP contribution in [0.25, 0.3) is 0 Å². The molecule has 0 aromatic heterocycles. The van der Waals surface area contributed by atoms with Gasteiger partial charge in [-0.3, -0.25) is 0 Å². The van der Waals surface area contributed by atoms with Crippen molar-refractivity contribution in [3.05, 3.63) is 59.7 Å². The lowest BCUT2D eigenvalue weighted by atomic mass is 10.1. The van der Waals surface area contributed by atoms with Crippen LogP contribution in [0.1, 0.15) is 28.9 Å². The van der Waals surface area contributed by atoms with Crippen molar-refractivity contribution in [2.45, 2.75) is 24.5 Å². The maximum atomic E-state index is 12.5. The van der Waals surface area contributed by atoms with Crippen LogP contribution in [-0.4, -0.2) is 28.1 Å². The normalized spacial score (nSPS) is 12.7. The molecule has 2 rings (SSSR count). The number of ether oxygens (including phenoxy) is 2. The Morgan fingerprint density at radius 1 is 1.12 bits per heavy atom. The topological polar surface area (TPSA) is 81.7 Å². The summed E-state index contributed by atoms with van der Waals surface area (Å²) in [6.07, 6.45) is 0. The van der Waals surface area contributed by atoms with Crippen LogP contribution in [0.2, 0.25) is 0 Å². The highest BCUT2D eigenvalue weighted by Crippen LogP contribution is 2.22. The lowest BCUT2D eigenvalue weighted by Gasteiger charge is -2.16. The summed E-state index contributed by atoms with van der Waals surface area (Å²) in [5.74, 6) is -0.642. The molecule has 0 aliphatic heterocycles. The fraction of sp³-hybridized carbons (Fsp3) is 0.235. The minimum Gasteiger partial charge on any atom is -0.465 e. The van der Waals surface area contributed by atoms with Crippen LogP contribution in [-0.2, 0) is 14.8 Å². The van der Waals surface area contributed by atoms with Gasteiger partial charge in [-0.2, -0.15) is 8.78 Å². The summed E-state index contributed by atoms with van der Waals surface area (Å²) < 4.78 is 60.8. The molecule has 6 nitrogen and oxygen atoms in total. The number of benzene rings is 2. The van der Waals surface area contributed by atoms with Crippen molar-refractivity contribution >= 4 is 16.0 Å². The van der Waals surface area contributed by atoms with Crippen LogP contribution in [0, 0.1) is 0 Å². The third kappa shape index (κ3) is 4.99. The van der Waals surface area contributed by atoms with Crippen LogP contribution in [0.5, 0.6) is 5.75 Å². The van der Waals surface area contributed by atoms with Gasteiger partial charge < -0.3 is 9.47 Å². The Balaban J connectivity index is 2.17. The first kappa shape index (κ1) is 19.8. The molecule has 1 unspecified atom stereocenters. The van der Waals surface area contributed by atoms with E-state index in [1.165, 1.54) is 49.6 Å². The first-order chi connectivity index (χ1) is 12.2. The molecule has 0 saturated heterocycles. The number of hydrogen-bond acceptors (Lipinski definition) is 5. The molecule has 0 saturated carbocycles. The molecule has 1 N–H and O–H groups in total. The molecule has 26 heavy (non-hydrogen) atoms. The molecule has 2 aromatic rings. The number of esters is 1. The molecular formula is C17H17F2NO5S. The summed E-state index contributed by atoms with van der Waals surface area (Å²) >= 11 is 0. The van der Waals surface area contributed by atoms with E-state index in [2.05, 4.69) is 14.2 Å². The summed E-state index contributed by atoms with van der Waals surface area (Å²) in [4.78, 5) is 11.3. The van der Waals surface area contributed by atoms with Crippen LogP contribution >= 0.6 is 0 Å². The van der Waals surface area contributed by atoms with Crippen molar-refractivity contribution in [3.63, 3.8) is 0 Å². The maximum absolute atomic E-state index is 12.5. The Bertz CT molecular complexity index is 869. The summed E-state index contributed by atoms with van der Waals surface area (Å²) in [6.45, 7) is -1.40. The van der Waals surface area contributed by atoms with Gasteiger partial charge in [-0.05, 0) is 48.9 Å². The zero-order valence-electron chi connectivity index (χ0n) is 14.0. The van der Waals surface area contributed by atoms with Crippen molar-refractivity contribution < 1.29 is 31.5 Å². The molecular weight excluding hydrogens is 368 g/mol. The van der Waals surface area contributed by atoms with Crippen LogP contribution in [0.4, 0.5) is 8.78 Å². The molecule has 140 valence electrons. The van der Waals surface area contributed by atoms with Gasteiger partial charge in [0.1, 0.15) is 5.75 Å². The molecule has 0 heterocycles. The van der Waals surface area contributed by atoms with Gasteiger partial charge in [0.25, 0.3) is 0 Å². The van der Waals surface area contributed by atoms with Gasteiger partial charge in [-0.15, -0.1) is 0 Å². The molecule has 0 aliphatic rings. The monoisotopic (exact) mass is 385 g/mol. The lowest BCUT2D eigenvalue weighted by Crippen LogP contribution is -2.27. The van der Waals surface area contributed by atoms with Gasteiger partial charge in [-0.1, -0.05) is 12.1 Å². The Labute approximate surface area is 149 Å². The summed E-state index contributed by atoms with van der Waals surface area (Å²) in [5, 5.41) is 0. The Morgan fingerprint density at radius 2 is 1.77 bits per heavy atom. The Morgan fingerprint density at radius 3 is 2.35 bits per heavy atom. The first-order valence-corrected chi connectivity index (χ1v) is 8.96. The third-order valence-electron chi connectivity index (χ3n) is 3.50. The predicted octanol–water partition coefficient (Wildman–Crippen LogP) is 3.11. The second kappa shape index (κ2) is 8.24. The van der Waals surface area contributed by atoms with E-state index in [-0.39, 0.29) is 16.2 Å². The SMILES string of the molecule is COC(=O)c1ccc(S(=O)(=O)NC(C)c2cccc(OC(F)F)c2)cc1. The molecule has 0 radical (unpaired) electrons. The second-order valence-electron chi connectivity index (χ2n) is 5.31. The van der Waals surface area contributed by atoms with E-state index in [1.807, 2.05) is 0 Å². The number of methoxy groups -OCH3 is 1. The number of rotatable bonds is 7. The number of sulfonamides is 1. The van der Waals surface area contributed by atoms with Crippen molar-refractivity contribution in [2.75, 3.05) is 7.11 Å². The highest BCUT2D eigenvalue weighted by Gasteiger charge is 2.19. The van der Waals surface area contributed by atoms with Crippen LogP contribution < -0.4 is 9.46 Å². The van der Waals surface area contributed by atoms with E-state index >= 15 is 0 Å². The molecule has 0 aliphatic carbocycles. The first-order valence-electron chi connectivity index (χ1n) is 7.48. The maximum Gasteiger partial charge on any atom is 0.387 e. The molecule has 9 heteroatoms. The standard InChI is InChI=1S/C17H17F2NO5S/c1-11(13-4-3-5-14(10-13)25-17(18)19)20-26(22,23)15-8-6-12(7-9-15)16(21)24-2/h3-11,17,20H,1-2H3. The highest BCUT2D eigenvalue weighted by molar-refractivity contribution is 7.89. The van der Waals surface area contributed by atoms with Crippen molar-refractivity contribution in [1.29, 1.82) is 0 Å². The van der Waals surface area contributed by atoms with E-state index < -0.39 is 28.6 Å². The lowest BCUT2D eigenvalue weighted by molar-refractivity contribution is -0.0499. The fourth-order valence-electron chi connectivity index (χ4n) is 2.22. The van der Waals surface area contributed by atoms with Gasteiger partial charge >= 0.3 is 12.6 Å². The largest absolute Gasteiger partial charge is 0.465 e. The number of alkyl halides is 2. The van der Waals surface area contributed by atoms with Crippen LogP contribution in [0.15, 0.2) is 53.4 Å². The zero-order valence-corrected chi connectivity index (χ0v) is 14.8. The molecule has 0 fully saturated rings. The minimum absolute atomic E-state index is 0.0445. The number of carbonyl (C=O) groups excluding carboxylic acids is 1. The predicted molar refractivity (Wildman–Crippen MR) is 89.6 cm³/mol. The van der Waals surface area contributed by atoms with E-state index in [9.17, 15) is 22.0 Å². The minimum atomic E-state index is -3.88. The number of hydrogen-bond donors (Lipinski definition) is 1. The third-order valence-corrected chi connectivity index (χ3v) is 5.06. The van der Waals surface area contributed by atoms with E-state index in [1.54, 1.807) is 13.0 Å². The fourth-order valence-corrected chi connectivity index (χ4v) is 3.45. The quantitative estimate of drug-likeness (QED) is 0.741. The molecule has 0 spiro atoms. The smallest absolute Gasteiger partial charge is 0.387 e. The van der Waals surface area contributed by atoms with Crippen molar-refractivity contribution in [3.8, 4) is 5.75 Å². The molecule has 1 atom stereocenters. The van der Waals surface area contributed by atoms with Gasteiger partial charge in [-0.25, -0.2) is 17.9 Å². The van der Waals surface area contributed by atoms with Crippen LogP contribution in [0.3, 0.4) is 0 Å².